The standard InChI is InChI=1S/C28H31NO4/c1-5-32-22-13-11-20(12-14-22)26-25(28(31)33-17(2)3)18(4)29-23-15-21(16-24(30)27(23)26)19-9-7-6-8-10-19/h6-14,17,21,26-27H,5,15-16H2,1-4H3/t21-,26-,27?/m1/s1. The Labute approximate surface area is 195 Å². The fraction of sp³-hybridized carbons (Fsp3) is 0.393. The summed E-state index contributed by atoms with van der Waals surface area (Å²) >= 11 is 0. The molecule has 0 amide bonds. The maximum Gasteiger partial charge on any atom is 0.336 e. The van der Waals surface area contributed by atoms with Crippen molar-refractivity contribution in [2.24, 2.45) is 10.9 Å². The number of fused-ring (bicyclic) bond motifs is 1. The third kappa shape index (κ3) is 4.77. The first-order chi connectivity index (χ1) is 15.9. The van der Waals surface area contributed by atoms with Gasteiger partial charge < -0.3 is 9.47 Å². The number of aliphatic imine (C=N–C) groups is 1. The van der Waals surface area contributed by atoms with E-state index in [4.69, 9.17) is 14.5 Å². The molecule has 172 valence electrons. The fourth-order valence-electron chi connectivity index (χ4n) is 4.98. The molecule has 5 heteroatoms. The van der Waals surface area contributed by atoms with Crippen LogP contribution >= 0.6 is 0 Å². The quantitative estimate of drug-likeness (QED) is 0.542. The van der Waals surface area contributed by atoms with E-state index in [9.17, 15) is 9.59 Å². The Morgan fingerprint density at radius 1 is 1.00 bits per heavy atom. The molecule has 0 saturated heterocycles. The van der Waals surface area contributed by atoms with Gasteiger partial charge in [0.25, 0.3) is 0 Å². The molecule has 1 aliphatic heterocycles. The molecule has 0 bridgehead atoms. The van der Waals surface area contributed by atoms with Crippen molar-refractivity contribution in [2.45, 2.75) is 58.5 Å². The van der Waals surface area contributed by atoms with Crippen molar-refractivity contribution < 1.29 is 19.1 Å². The lowest BCUT2D eigenvalue weighted by atomic mass is 9.66. The Balaban J connectivity index is 1.76. The second-order valence-electron chi connectivity index (χ2n) is 9.00. The van der Waals surface area contributed by atoms with Gasteiger partial charge in [-0.1, -0.05) is 42.5 Å². The molecule has 5 nitrogen and oxygen atoms in total. The highest BCUT2D eigenvalue weighted by molar-refractivity contribution is 6.12. The average Bonchev–Trinajstić information content (AvgIpc) is 2.79. The van der Waals surface area contributed by atoms with Gasteiger partial charge in [0.1, 0.15) is 11.5 Å². The lowest BCUT2D eigenvalue weighted by molar-refractivity contribution is -0.143. The second kappa shape index (κ2) is 9.74. The van der Waals surface area contributed by atoms with Gasteiger partial charge in [-0.05, 0) is 63.3 Å². The van der Waals surface area contributed by atoms with Crippen molar-refractivity contribution in [1.29, 1.82) is 0 Å². The predicted octanol–water partition coefficient (Wildman–Crippen LogP) is 5.61. The Morgan fingerprint density at radius 3 is 2.33 bits per heavy atom. The normalized spacial score (nSPS) is 22.6. The molecule has 2 aromatic rings. The number of ether oxygens (including phenoxy) is 2. The van der Waals surface area contributed by atoms with Gasteiger partial charge in [0, 0.05) is 23.7 Å². The third-order valence-electron chi connectivity index (χ3n) is 6.34. The van der Waals surface area contributed by atoms with E-state index in [0.717, 1.165) is 22.6 Å². The minimum atomic E-state index is -0.457. The highest BCUT2D eigenvalue weighted by Gasteiger charge is 2.46. The average molecular weight is 446 g/mol. The molecule has 3 atom stereocenters. The van der Waals surface area contributed by atoms with Crippen LogP contribution in [0.2, 0.25) is 0 Å². The van der Waals surface area contributed by atoms with E-state index in [1.54, 1.807) is 0 Å². The summed E-state index contributed by atoms with van der Waals surface area (Å²) in [7, 11) is 0. The lowest BCUT2D eigenvalue weighted by Gasteiger charge is -2.38. The summed E-state index contributed by atoms with van der Waals surface area (Å²) in [6.07, 6.45) is 0.888. The molecule has 2 aromatic carbocycles. The second-order valence-corrected chi connectivity index (χ2v) is 9.00. The van der Waals surface area contributed by atoms with Gasteiger partial charge in [0.2, 0.25) is 0 Å². The Kier molecular flexibility index (Phi) is 6.77. The van der Waals surface area contributed by atoms with E-state index < -0.39 is 17.8 Å². The van der Waals surface area contributed by atoms with Crippen molar-refractivity contribution in [3.63, 3.8) is 0 Å². The van der Waals surface area contributed by atoms with E-state index in [1.165, 1.54) is 0 Å². The maximum atomic E-state index is 13.6. The summed E-state index contributed by atoms with van der Waals surface area (Å²) in [5, 5.41) is 0. The van der Waals surface area contributed by atoms with Crippen LogP contribution < -0.4 is 4.74 Å². The summed E-state index contributed by atoms with van der Waals surface area (Å²) in [6, 6.07) is 17.8. The van der Waals surface area contributed by atoms with Gasteiger partial charge >= 0.3 is 5.97 Å². The molecule has 1 fully saturated rings. The number of Topliss-reactive ketones (excluding diaryl/α,β-unsaturated/α-hetero) is 1. The molecule has 1 heterocycles. The molecule has 2 aliphatic rings. The molecule has 0 N–H and O–H groups in total. The first kappa shape index (κ1) is 23.0. The van der Waals surface area contributed by atoms with E-state index in [-0.39, 0.29) is 17.8 Å². The topological polar surface area (TPSA) is 65.0 Å². The molecular formula is C28H31NO4. The van der Waals surface area contributed by atoms with Gasteiger partial charge in [-0.3, -0.25) is 9.79 Å². The minimum Gasteiger partial charge on any atom is -0.494 e. The third-order valence-corrected chi connectivity index (χ3v) is 6.34. The summed E-state index contributed by atoms with van der Waals surface area (Å²) in [6.45, 7) is 8.01. The van der Waals surface area contributed by atoms with Gasteiger partial charge in [-0.2, -0.15) is 0 Å². The molecule has 33 heavy (non-hydrogen) atoms. The van der Waals surface area contributed by atoms with Crippen molar-refractivity contribution in [3.05, 3.63) is 77.0 Å². The number of carbonyl (C=O) groups excluding carboxylic acids is 2. The van der Waals surface area contributed by atoms with Crippen molar-refractivity contribution >= 4 is 17.5 Å². The largest absolute Gasteiger partial charge is 0.494 e. The Hall–Kier alpha value is -3.21. The number of nitrogens with zero attached hydrogens (tertiary/aromatic N) is 1. The zero-order valence-corrected chi connectivity index (χ0v) is 19.7. The van der Waals surface area contributed by atoms with Crippen LogP contribution in [0.3, 0.4) is 0 Å². The molecule has 1 unspecified atom stereocenters. The van der Waals surface area contributed by atoms with Crippen LogP contribution in [0.5, 0.6) is 5.75 Å². The van der Waals surface area contributed by atoms with Crippen LogP contribution in [0.1, 0.15) is 63.5 Å². The number of hydrogen-bond acceptors (Lipinski definition) is 5. The Bertz CT molecular complexity index is 1080. The summed E-state index contributed by atoms with van der Waals surface area (Å²) in [4.78, 5) is 31.5. The van der Waals surface area contributed by atoms with Crippen LogP contribution in [0, 0.1) is 5.92 Å². The van der Waals surface area contributed by atoms with Crippen LogP contribution in [-0.2, 0) is 14.3 Å². The van der Waals surface area contributed by atoms with E-state index >= 15 is 0 Å². The molecular weight excluding hydrogens is 414 g/mol. The van der Waals surface area contributed by atoms with Crippen molar-refractivity contribution in [2.75, 3.05) is 6.61 Å². The van der Waals surface area contributed by atoms with Gasteiger partial charge in [0.15, 0.2) is 0 Å². The molecule has 0 spiro atoms. The van der Waals surface area contributed by atoms with Crippen LogP contribution in [0.4, 0.5) is 0 Å². The summed E-state index contributed by atoms with van der Waals surface area (Å²) < 4.78 is 11.2. The predicted molar refractivity (Wildman–Crippen MR) is 129 cm³/mol. The number of benzene rings is 2. The highest BCUT2D eigenvalue weighted by atomic mass is 16.5. The van der Waals surface area contributed by atoms with Gasteiger partial charge in [0.05, 0.1) is 24.2 Å². The molecule has 0 aromatic heterocycles. The highest BCUT2D eigenvalue weighted by Crippen LogP contribution is 2.46. The number of esters is 1. The van der Waals surface area contributed by atoms with Crippen molar-refractivity contribution in [1.82, 2.24) is 0 Å². The number of rotatable bonds is 6. The molecule has 0 radical (unpaired) electrons. The van der Waals surface area contributed by atoms with Crippen LogP contribution in [0.15, 0.2) is 70.9 Å². The maximum absolute atomic E-state index is 13.6. The van der Waals surface area contributed by atoms with Gasteiger partial charge in [-0.25, -0.2) is 4.79 Å². The zero-order chi connectivity index (χ0) is 23.5. The van der Waals surface area contributed by atoms with Gasteiger partial charge in [-0.15, -0.1) is 0 Å². The van der Waals surface area contributed by atoms with E-state index in [0.29, 0.717) is 30.7 Å². The number of hydrogen-bond donors (Lipinski definition) is 0. The monoisotopic (exact) mass is 445 g/mol. The smallest absolute Gasteiger partial charge is 0.336 e. The SMILES string of the molecule is CCOc1ccc([C@@H]2C(C(=O)OC(C)C)=C(C)N=C3C[C@@H](c4ccccc4)CC(=O)C32)cc1. The number of allylic oxidation sites excluding steroid dienone is 1. The minimum absolute atomic E-state index is 0.103. The van der Waals surface area contributed by atoms with E-state index in [2.05, 4.69) is 12.1 Å². The first-order valence-electron chi connectivity index (χ1n) is 11.7. The van der Waals surface area contributed by atoms with Crippen LogP contribution in [-0.4, -0.2) is 30.2 Å². The zero-order valence-electron chi connectivity index (χ0n) is 19.7. The van der Waals surface area contributed by atoms with Crippen molar-refractivity contribution in [3.8, 4) is 5.75 Å². The molecule has 1 aliphatic carbocycles. The van der Waals surface area contributed by atoms with Crippen LogP contribution in [0.25, 0.3) is 0 Å². The summed E-state index contributed by atoms with van der Waals surface area (Å²) in [5.41, 5.74) is 4.02. The molecule has 4 rings (SSSR count). The summed E-state index contributed by atoms with van der Waals surface area (Å²) in [5.74, 6) is -0.286. The number of ketones is 1. The Morgan fingerprint density at radius 2 is 1.70 bits per heavy atom. The fourth-order valence-corrected chi connectivity index (χ4v) is 4.98. The molecule has 1 saturated carbocycles. The lowest BCUT2D eigenvalue weighted by Crippen LogP contribution is -2.41. The van der Waals surface area contributed by atoms with E-state index in [1.807, 2.05) is 70.2 Å². The number of carbonyl (C=O) groups is 2. The first-order valence-corrected chi connectivity index (χ1v) is 11.7.